The van der Waals surface area contributed by atoms with E-state index in [9.17, 15) is 22.4 Å². The smallest absolute Gasteiger partial charge is 0.244 e. The Bertz CT molecular complexity index is 1100. The van der Waals surface area contributed by atoms with Crippen LogP contribution in [0, 0.1) is 19.7 Å². The second-order valence-corrected chi connectivity index (χ2v) is 10.6. The molecule has 9 heteroatoms. The number of hydrogen-bond donors (Lipinski definition) is 1. The van der Waals surface area contributed by atoms with Crippen LogP contribution in [0.1, 0.15) is 43.9 Å². The van der Waals surface area contributed by atoms with Crippen LogP contribution in [0.4, 0.5) is 10.1 Å². The highest BCUT2D eigenvalue weighted by atomic mass is 32.2. The Balaban J connectivity index is 2.43. The number of rotatable bonds is 10. The summed E-state index contributed by atoms with van der Waals surface area (Å²) in [5, 5.41) is 2.87. The summed E-state index contributed by atoms with van der Waals surface area (Å²) in [5.74, 6) is -1.30. The van der Waals surface area contributed by atoms with Crippen LogP contribution in [-0.2, 0) is 26.2 Å². The minimum Gasteiger partial charge on any atom is -0.352 e. The highest BCUT2D eigenvalue weighted by molar-refractivity contribution is 7.92. The zero-order valence-electron chi connectivity index (χ0n) is 20.6. The van der Waals surface area contributed by atoms with Crippen LogP contribution >= 0.6 is 0 Å². The zero-order valence-corrected chi connectivity index (χ0v) is 21.4. The molecule has 7 nitrogen and oxygen atoms in total. The molecule has 186 valence electrons. The molecule has 0 aliphatic carbocycles. The lowest BCUT2D eigenvalue weighted by atomic mass is 10.1. The van der Waals surface area contributed by atoms with Gasteiger partial charge in [0, 0.05) is 12.6 Å². The standard InChI is InChI=1S/C25H34FN3O4S/c1-7-19(4)27-25(31)20(5)28(15-21-11-13-22(26)14-12-21)23(30)16-29(34(6,32)33)24-17(2)9-8-10-18(24)3/h8-14,19-20H,7,15-16H2,1-6H3,(H,27,31)/t19-,20-/m0/s1. The Morgan fingerprint density at radius 2 is 1.59 bits per heavy atom. The van der Waals surface area contributed by atoms with Crippen molar-refractivity contribution >= 4 is 27.5 Å². The summed E-state index contributed by atoms with van der Waals surface area (Å²) in [7, 11) is -3.80. The van der Waals surface area contributed by atoms with Crippen LogP contribution in [0.3, 0.4) is 0 Å². The molecule has 0 bridgehead atoms. The van der Waals surface area contributed by atoms with E-state index in [-0.39, 0.29) is 18.5 Å². The number of para-hydroxylation sites is 1. The summed E-state index contributed by atoms with van der Waals surface area (Å²) in [6.45, 7) is 8.52. The first-order chi connectivity index (χ1) is 15.8. The van der Waals surface area contributed by atoms with Crippen molar-refractivity contribution in [3.05, 3.63) is 65.0 Å². The van der Waals surface area contributed by atoms with E-state index in [4.69, 9.17) is 0 Å². The molecule has 34 heavy (non-hydrogen) atoms. The number of sulfonamides is 1. The van der Waals surface area contributed by atoms with E-state index >= 15 is 0 Å². The third kappa shape index (κ3) is 7.03. The molecule has 0 heterocycles. The summed E-state index contributed by atoms with van der Waals surface area (Å²) in [4.78, 5) is 27.7. The number of nitrogens with zero attached hydrogens (tertiary/aromatic N) is 2. The fourth-order valence-electron chi connectivity index (χ4n) is 3.61. The second kappa shape index (κ2) is 11.5. The van der Waals surface area contributed by atoms with Gasteiger partial charge < -0.3 is 10.2 Å². The molecule has 2 rings (SSSR count). The van der Waals surface area contributed by atoms with Crippen molar-refractivity contribution in [1.82, 2.24) is 10.2 Å². The summed E-state index contributed by atoms with van der Waals surface area (Å²) in [6, 6.07) is 10.1. The predicted octanol–water partition coefficient (Wildman–Crippen LogP) is 3.54. The Labute approximate surface area is 202 Å². The molecule has 0 saturated carbocycles. The lowest BCUT2D eigenvalue weighted by Gasteiger charge is -2.32. The average Bonchev–Trinajstić information content (AvgIpc) is 2.76. The SMILES string of the molecule is CC[C@H](C)NC(=O)[C@H](C)N(Cc1ccc(F)cc1)C(=O)CN(c1c(C)cccc1C)S(C)(=O)=O. The van der Waals surface area contributed by atoms with Crippen LogP contribution < -0.4 is 9.62 Å². The van der Waals surface area contributed by atoms with Gasteiger partial charge in [-0.15, -0.1) is 0 Å². The minimum absolute atomic E-state index is 0.0264. The van der Waals surface area contributed by atoms with Gasteiger partial charge in [-0.3, -0.25) is 13.9 Å². The number of carbonyl (C=O) groups is 2. The Hall–Kier alpha value is -2.94. The van der Waals surface area contributed by atoms with Gasteiger partial charge in [-0.25, -0.2) is 12.8 Å². The van der Waals surface area contributed by atoms with Crippen molar-refractivity contribution in [2.75, 3.05) is 17.1 Å². The van der Waals surface area contributed by atoms with Gasteiger partial charge in [-0.1, -0.05) is 37.3 Å². The van der Waals surface area contributed by atoms with Crippen molar-refractivity contribution in [2.24, 2.45) is 0 Å². The number of carbonyl (C=O) groups excluding carboxylic acids is 2. The minimum atomic E-state index is -3.80. The molecule has 1 N–H and O–H groups in total. The van der Waals surface area contributed by atoms with Gasteiger partial charge in [0.15, 0.2) is 0 Å². The molecule has 0 aliphatic rings. The van der Waals surface area contributed by atoms with E-state index in [0.29, 0.717) is 22.4 Å². The molecule has 2 aromatic carbocycles. The van der Waals surface area contributed by atoms with Crippen molar-refractivity contribution in [3.8, 4) is 0 Å². The molecule has 0 fully saturated rings. The first-order valence-corrected chi connectivity index (χ1v) is 13.1. The molecular weight excluding hydrogens is 457 g/mol. The van der Waals surface area contributed by atoms with Gasteiger partial charge in [0.05, 0.1) is 11.9 Å². The molecule has 0 saturated heterocycles. The van der Waals surface area contributed by atoms with E-state index in [2.05, 4.69) is 5.32 Å². The van der Waals surface area contributed by atoms with Gasteiger partial charge in [0.1, 0.15) is 18.4 Å². The maximum Gasteiger partial charge on any atom is 0.244 e. The van der Waals surface area contributed by atoms with Gasteiger partial charge in [-0.05, 0) is 62.9 Å². The van der Waals surface area contributed by atoms with Crippen LogP contribution in [0.2, 0.25) is 0 Å². The van der Waals surface area contributed by atoms with Crippen LogP contribution in [-0.4, -0.2) is 50.0 Å². The van der Waals surface area contributed by atoms with Gasteiger partial charge in [-0.2, -0.15) is 0 Å². The number of amides is 2. The normalized spacial score (nSPS) is 13.1. The van der Waals surface area contributed by atoms with Crippen molar-refractivity contribution < 1.29 is 22.4 Å². The molecule has 2 aromatic rings. The van der Waals surface area contributed by atoms with E-state index in [1.54, 1.807) is 32.9 Å². The van der Waals surface area contributed by atoms with Crippen molar-refractivity contribution in [1.29, 1.82) is 0 Å². The van der Waals surface area contributed by atoms with E-state index < -0.39 is 34.3 Å². The third-order valence-corrected chi connectivity index (χ3v) is 6.91. The zero-order chi connectivity index (χ0) is 25.6. The maximum atomic E-state index is 13.5. The van der Waals surface area contributed by atoms with Gasteiger partial charge in [0.2, 0.25) is 21.8 Å². The molecule has 0 spiro atoms. The van der Waals surface area contributed by atoms with E-state index in [1.165, 1.54) is 29.2 Å². The monoisotopic (exact) mass is 491 g/mol. The lowest BCUT2D eigenvalue weighted by molar-refractivity contribution is -0.139. The van der Waals surface area contributed by atoms with Crippen LogP contribution in [0.5, 0.6) is 0 Å². The quantitative estimate of drug-likeness (QED) is 0.551. The average molecular weight is 492 g/mol. The number of halogens is 1. The predicted molar refractivity (Wildman–Crippen MR) is 132 cm³/mol. The molecule has 0 radical (unpaired) electrons. The second-order valence-electron chi connectivity index (χ2n) is 8.65. The van der Waals surface area contributed by atoms with Gasteiger partial charge in [0.25, 0.3) is 0 Å². The van der Waals surface area contributed by atoms with Crippen molar-refractivity contribution in [2.45, 2.75) is 59.7 Å². The summed E-state index contributed by atoms with van der Waals surface area (Å²) in [5.41, 5.74) is 2.49. The number of anilines is 1. The van der Waals surface area contributed by atoms with Crippen LogP contribution in [0.15, 0.2) is 42.5 Å². The number of aryl methyl sites for hydroxylation is 2. The third-order valence-electron chi connectivity index (χ3n) is 5.80. The first-order valence-electron chi connectivity index (χ1n) is 11.2. The Kier molecular flexibility index (Phi) is 9.21. The molecule has 2 amide bonds. The lowest BCUT2D eigenvalue weighted by Crippen LogP contribution is -2.52. The summed E-state index contributed by atoms with van der Waals surface area (Å²) in [6.07, 6.45) is 1.77. The maximum absolute atomic E-state index is 13.5. The topological polar surface area (TPSA) is 86.8 Å². The first kappa shape index (κ1) is 27.3. The fraction of sp³-hybridized carbons (Fsp3) is 0.440. The summed E-state index contributed by atoms with van der Waals surface area (Å²) >= 11 is 0. The number of benzene rings is 2. The number of nitrogens with one attached hydrogen (secondary N) is 1. The summed E-state index contributed by atoms with van der Waals surface area (Å²) < 4.78 is 39.9. The molecule has 0 aromatic heterocycles. The van der Waals surface area contributed by atoms with E-state index in [0.717, 1.165) is 17.0 Å². The largest absolute Gasteiger partial charge is 0.352 e. The highest BCUT2D eigenvalue weighted by Crippen LogP contribution is 2.27. The van der Waals surface area contributed by atoms with Crippen molar-refractivity contribution in [3.63, 3.8) is 0 Å². The molecule has 0 aliphatic heterocycles. The Morgan fingerprint density at radius 3 is 2.09 bits per heavy atom. The highest BCUT2D eigenvalue weighted by Gasteiger charge is 2.31. The Morgan fingerprint density at radius 1 is 1.03 bits per heavy atom. The molecule has 0 unspecified atom stereocenters. The fourth-order valence-corrected chi connectivity index (χ4v) is 4.57. The van der Waals surface area contributed by atoms with Gasteiger partial charge >= 0.3 is 0 Å². The molecule has 2 atom stereocenters. The van der Waals surface area contributed by atoms with E-state index in [1.807, 2.05) is 19.9 Å². The number of hydrogen-bond acceptors (Lipinski definition) is 4. The molecular formula is C25H34FN3O4S. The van der Waals surface area contributed by atoms with Crippen LogP contribution in [0.25, 0.3) is 0 Å².